The van der Waals surface area contributed by atoms with Crippen LogP contribution in [0.5, 0.6) is 0 Å². The molecule has 0 aliphatic carbocycles. The summed E-state index contributed by atoms with van der Waals surface area (Å²) in [6, 6.07) is 3.44. The molecule has 0 spiro atoms. The predicted octanol–water partition coefficient (Wildman–Crippen LogP) is 2.47. The number of carboxylic acids is 1. The van der Waals surface area contributed by atoms with Crippen LogP contribution in [0.2, 0.25) is 0 Å². The molecule has 4 nitrogen and oxygen atoms in total. The third-order valence-corrected chi connectivity index (χ3v) is 4.57. The molecule has 1 unspecified atom stereocenters. The van der Waals surface area contributed by atoms with Crippen LogP contribution in [0.25, 0.3) is 0 Å². The summed E-state index contributed by atoms with van der Waals surface area (Å²) in [7, 11) is 0. The Labute approximate surface area is 127 Å². The highest BCUT2D eigenvalue weighted by molar-refractivity contribution is 5.82. The Hall–Kier alpha value is -1.98. The number of benzene rings is 1. The summed E-state index contributed by atoms with van der Waals surface area (Å²) in [5, 5.41) is 9.45. The molecule has 1 fully saturated rings. The molecule has 1 aromatic rings. The SMILES string of the molecule is CC(C)C1(C(=O)O)CCN(C(=O)Cc2c(F)cccc2F)C1. The first-order chi connectivity index (χ1) is 10.3. The molecule has 120 valence electrons. The van der Waals surface area contributed by atoms with Crippen molar-refractivity contribution in [2.75, 3.05) is 13.1 Å². The van der Waals surface area contributed by atoms with Gasteiger partial charge in [0.15, 0.2) is 0 Å². The van der Waals surface area contributed by atoms with Gasteiger partial charge in [-0.25, -0.2) is 8.78 Å². The second-order valence-electron chi connectivity index (χ2n) is 6.06. The van der Waals surface area contributed by atoms with Gasteiger partial charge < -0.3 is 10.0 Å². The quantitative estimate of drug-likeness (QED) is 0.929. The van der Waals surface area contributed by atoms with E-state index in [4.69, 9.17) is 0 Å². The zero-order valence-corrected chi connectivity index (χ0v) is 12.6. The Morgan fingerprint density at radius 3 is 2.36 bits per heavy atom. The molecular formula is C16H19F2NO3. The number of halogens is 2. The van der Waals surface area contributed by atoms with Crippen molar-refractivity contribution in [2.45, 2.75) is 26.7 Å². The summed E-state index contributed by atoms with van der Waals surface area (Å²) in [6.07, 6.45) is -0.0439. The second kappa shape index (κ2) is 6.02. The minimum Gasteiger partial charge on any atom is -0.481 e. The van der Waals surface area contributed by atoms with Crippen LogP contribution >= 0.6 is 0 Å². The molecule has 0 aromatic heterocycles. The van der Waals surface area contributed by atoms with Crippen LogP contribution in [0.4, 0.5) is 8.78 Å². The number of carboxylic acid groups (broad SMARTS) is 1. The number of hydrogen-bond donors (Lipinski definition) is 1. The fourth-order valence-corrected chi connectivity index (χ4v) is 2.90. The van der Waals surface area contributed by atoms with Crippen molar-refractivity contribution in [3.05, 3.63) is 35.4 Å². The van der Waals surface area contributed by atoms with Gasteiger partial charge in [-0.2, -0.15) is 0 Å². The van der Waals surface area contributed by atoms with E-state index in [2.05, 4.69) is 0 Å². The van der Waals surface area contributed by atoms with Gasteiger partial charge in [-0.15, -0.1) is 0 Å². The third-order valence-electron chi connectivity index (χ3n) is 4.57. The molecule has 1 aliphatic rings. The Morgan fingerprint density at radius 1 is 1.32 bits per heavy atom. The molecule has 1 amide bonds. The molecule has 0 radical (unpaired) electrons. The molecule has 1 aliphatic heterocycles. The first-order valence-corrected chi connectivity index (χ1v) is 7.22. The Kier molecular flexibility index (Phi) is 4.49. The summed E-state index contributed by atoms with van der Waals surface area (Å²) in [4.78, 5) is 25.2. The summed E-state index contributed by atoms with van der Waals surface area (Å²) >= 11 is 0. The smallest absolute Gasteiger partial charge is 0.311 e. The van der Waals surface area contributed by atoms with E-state index in [9.17, 15) is 23.5 Å². The van der Waals surface area contributed by atoms with Crippen LogP contribution in [0.1, 0.15) is 25.8 Å². The first-order valence-electron chi connectivity index (χ1n) is 7.22. The number of rotatable bonds is 4. The molecular weight excluding hydrogens is 292 g/mol. The monoisotopic (exact) mass is 311 g/mol. The van der Waals surface area contributed by atoms with Gasteiger partial charge in [0.1, 0.15) is 11.6 Å². The molecule has 1 N–H and O–H groups in total. The van der Waals surface area contributed by atoms with Crippen LogP contribution in [-0.4, -0.2) is 35.0 Å². The van der Waals surface area contributed by atoms with Gasteiger partial charge in [-0.05, 0) is 24.5 Å². The lowest BCUT2D eigenvalue weighted by Crippen LogP contribution is -2.41. The van der Waals surface area contributed by atoms with E-state index in [-0.39, 0.29) is 18.0 Å². The van der Waals surface area contributed by atoms with Crippen LogP contribution in [-0.2, 0) is 16.0 Å². The number of hydrogen-bond acceptors (Lipinski definition) is 2. The molecule has 6 heteroatoms. The standard InChI is InChI=1S/C16H19F2NO3/c1-10(2)16(15(21)22)6-7-19(9-16)14(20)8-11-12(17)4-3-5-13(11)18/h3-5,10H,6-9H2,1-2H3,(H,21,22). The summed E-state index contributed by atoms with van der Waals surface area (Å²) < 4.78 is 27.2. The van der Waals surface area contributed by atoms with Crippen LogP contribution in [0.3, 0.4) is 0 Å². The van der Waals surface area contributed by atoms with E-state index < -0.39 is 35.3 Å². The largest absolute Gasteiger partial charge is 0.481 e. The predicted molar refractivity (Wildman–Crippen MR) is 76.2 cm³/mol. The highest BCUT2D eigenvalue weighted by Gasteiger charge is 2.48. The second-order valence-corrected chi connectivity index (χ2v) is 6.06. The van der Waals surface area contributed by atoms with E-state index >= 15 is 0 Å². The number of aliphatic carboxylic acids is 1. The average Bonchev–Trinajstić information content (AvgIpc) is 2.89. The van der Waals surface area contributed by atoms with Gasteiger partial charge in [-0.1, -0.05) is 19.9 Å². The van der Waals surface area contributed by atoms with Crippen molar-refractivity contribution in [1.82, 2.24) is 4.90 Å². The molecule has 2 rings (SSSR count). The Balaban J connectivity index is 2.14. The third kappa shape index (κ3) is 2.82. The van der Waals surface area contributed by atoms with Gasteiger partial charge >= 0.3 is 5.97 Å². The molecule has 1 heterocycles. The zero-order chi connectivity index (χ0) is 16.5. The summed E-state index contributed by atoms with van der Waals surface area (Å²) in [6.45, 7) is 3.98. The van der Waals surface area contributed by atoms with Gasteiger partial charge in [0, 0.05) is 18.7 Å². The van der Waals surface area contributed by atoms with Crippen LogP contribution in [0.15, 0.2) is 18.2 Å². The zero-order valence-electron chi connectivity index (χ0n) is 12.6. The van der Waals surface area contributed by atoms with Crippen molar-refractivity contribution in [3.63, 3.8) is 0 Å². The highest BCUT2D eigenvalue weighted by Crippen LogP contribution is 2.38. The maximum atomic E-state index is 13.6. The minimum atomic E-state index is -0.983. The van der Waals surface area contributed by atoms with E-state index in [1.54, 1.807) is 13.8 Å². The number of nitrogens with zero attached hydrogens (tertiary/aromatic N) is 1. The lowest BCUT2D eigenvalue weighted by molar-refractivity contribution is -0.151. The van der Waals surface area contributed by atoms with Crippen molar-refractivity contribution in [1.29, 1.82) is 0 Å². The first kappa shape index (κ1) is 16.4. The summed E-state index contributed by atoms with van der Waals surface area (Å²) in [5.74, 6) is -3.04. The lowest BCUT2D eigenvalue weighted by Gasteiger charge is -2.28. The maximum absolute atomic E-state index is 13.6. The van der Waals surface area contributed by atoms with Crippen LogP contribution in [0, 0.1) is 23.0 Å². The number of carbonyl (C=O) groups excluding carboxylic acids is 1. The molecule has 0 saturated carbocycles. The van der Waals surface area contributed by atoms with Gasteiger partial charge in [0.05, 0.1) is 11.8 Å². The molecule has 1 atom stereocenters. The fraction of sp³-hybridized carbons (Fsp3) is 0.500. The van der Waals surface area contributed by atoms with Crippen LogP contribution < -0.4 is 0 Å². The van der Waals surface area contributed by atoms with Crippen molar-refractivity contribution >= 4 is 11.9 Å². The van der Waals surface area contributed by atoms with E-state index in [0.717, 1.165) is 12.1 Å². The van der Waals surface area contributed by atoms with Crippen molar-refractivity contribution in [2.24, 2.45) is 11.3 Å². The fourth-order valence-electron chi connectivity index (χ4n) is 2.90. The lowest BCUT2D eigenvalue weighted by atomic mass is 9.76. The van der Waals surface area contributed by atoms with Crippen molar-refractivity contribution in [3.8, 4) is 0 Å². The van der Waals surface area contributed by atoms with E-state index in [0.29, 0.717) is 13.0 Å². The van der Waals surface area contributed by atoms with Gasteiger partial charge in [0.25, 0.3) is 0 Å². The summed E-state index contributed by atoms with van der Waals surface area (Å²) in [5.41, 5.74) is -1.26. The number of carbonyl (C=O) groups is 2. The minimum absolute atomic E-state index is 0.0783. The van der Waals surface area contributed by atoms with Gasteiger partial charge in [0.2, 0.25) is 5.91 Å². The maximum Gasteiger partial charge on any atom is 0.311 e. The molecule has 22 heavy (non-hydrogen) atoms. The molecule has 0 bridgehead atoms. The Morgan fingerprint density at radius 2 is 1.91 bits per heavy atom. The molecule has 1 saturated heterocycles. The topological polar surface area (TPSA) is 57.6 Å². The average molecular weight is 311 g/mol. The molecule has 1 aromatic carbocycles. The van der Waals surface area contributed by atoms with E-state index in [1.807, 2.05) is 0 Å². The number of likely N-dealkylation sites (tertiary alicyclic amines) is 1. The number of amides is 1. The highest BCUT2D eigenvalue weighted by atomic mass is 19.1. The Bertz CT molecular complexity index is 583. The van der Waals surface area contributed by atoms with Gasteiger partial charge in [-0.3, -0.25) is 9.59 Å². The van der Waals surface area contributed by atoms with E-state index in [1.165, 1.54) is 11.0 Å². The normalized spacial score (nSPS) is 21.4. The van der Waals surface area contributed by atoms with Crippen molar-refractivity contribution < 1.29 is 23.5 Å².